The standard InChI is InChI=1S/C12H18F3N3O/c1-2-9(16)10-17-11(19-18-10)7-5-3-4-6-8(7)12(13,14)15/h7-9H,2-6,16H2,1H3. The smallest absolute Gasteiger partial charge is 0.339 e. The van der Waals surface area contributed by atoms with E-state index in [-0.39, 0.29) is 18.4 Å². The van der Waals surface area contributed by atoms with Crippen LogP contribution in [0.4, 0.5) is 13.2 Å². The predicted molar refractivity (Wildman–Crippen MR) is 62.3 cm³/mol. The zero-order valence-corrected chi connectivity index (χ0v) is 10.8. The lowest BCUT2D eigenvalue weighted by molar-refractivity contribution is -0.189. The third-order valence-electron chi connectivity index (χ3n) is 3.73. The number of nitrogens with zero attached hydrogens (tertiary/aromatic N) is 2. The molecule has 3 unspecified atom stereocenters. The molecule has 0 spiro atoms. The maximum absolute atomic E-state index is 13.0. The predicted octanol–water partition coefficient (Wildman–Crippen LogP) is 3.32. The Morgan fingerprint density at radius 2 is 2.05 bits per heavy atom. The van der Waals surface area contributed by atoms with E-state index >= 15 is 0 Å². The molecule has 1 aromatic heterocycles. The SMILES string of the molecule is CCC(N)c1noc(C2CCCCC2C(F)(F)F)n1. The number of hydrogen-bond acceptors (Lipinski definition) is 4. The molecule has 4 nitrogen and oxygen atoms in total. The lowest BCUT2D eigenvalue weighted by atomic mass is 9.78. The molecule has 3 atom stereocenters. The largest absolute Gasteiger partial charge is 0.392 e. The van der Waals surface area contributed by atoms with Crippen LogP contribution in [0.25, 0.3) is 0 Å². The van der Waals surface area contributed by atoms with Crippen molar-refractivity contribution >= 4 is 0 Å². The third-order valence-corrected chi connectivity index (χ3v) is 3.73. The van der Waals surface area contributed by atoms with Gasteiger partial charge in [0.1, 0.15) is 0 Å². The molecule has 1 saturated carbocycles. The number of rotatable bonds is 3. The number of hydrogen-bond donors (Lipinski definition) is 1. The first kappa shape index (κ1) is 14.3. The van der Waals surface area contributed by atoms with Gasteiger partial charge in [-0.05, 0) is 19.3 Å². The first-order valence-corrected chi connectivity index (χ1v) is 6.59. The number of alkyl halides is 3. The Hall–Kier alpha value is -1.11. The van der Waals surface area contributed by atoms with Crippen LogP contribution in [-0.2, 0) is 0 Å². The molecular weight excluding hydrogens is 259 g/mol. The second-order valence-corrected chi connectivity index (χ2v) is 5.04. The van der Waals surface area contributed by atoms with Crippen molar-refractivity contribution in [3.8, 4) is 0 Å². The van der Waals surface area contributed by atoms with Crippen LogP contribution in [0.15, 0.2) is 4.52 Å². The van der Waals surface area contributed by atoms with Crippen LogP contribution >= 0.6 is 0 Å². The Labute approximate surface area is 109 Å². The van der Waals surface area contributed by atoms with Crippen LogP contribution < -0.4 is 5.73 Å². The van der Waals surface area contributed by atoms with Crippen molar-refractivity contribution in [3.63, 3.8) is 0 Å². The topological polar surface area (TPSA) is 64.9 Å². The first-order chi connectivity index (χ1) is 8.93. The van der Waals surface area contributed by atoms with Gasteiger partial charge in [-0.2, -0.15) is 18.2 Å². The van der Waals surface area contributed by atoms with Crippen molar-refractivity contribution in [1.29, 1.82) is 0 Å². The molecule has 0 bridgehead atoms. The Kier molecular flexibility index (Phi) is 4.13. The second-order valence-electron chi connectivity index (χ2n) is 5.04. The highest BCUT2D eigenvalue weighted by atomic mass is 19.4. The van der Waals surface area contributed by atoms with Gasteiger partial charge in [0.25, 0.3) is 0 Å². The van der Waals surface area contributed by atoms with E-state index in [1.54, 1.807) is 0 Å². The molecule has 19 heavy (non-hydrogen) atoms. The van der Waals surface area contributed by atoms with Crippen molar-refractivity contribution in [2.45, 2.75) is 57.2 Å². The normalized spacial score (nSPS) is 26.4. The number of aromatic nitrogens is 2. The van der Waals surface area contributed by atoms with E-state index in [1.165, 1.54) is 0 Å². The molecule has 0 aliphatic heterocycles. The Morgan fingerprint density at radius 3 is 2.68 bits per heavy atom. The van der Waals surface area contributed by atoms with E-state index in [1.807, 2.05) is 6.92 Å². The summed E-state index contributed by atoms with van der Waals surface area (Å²) in [7, 11) is 0. The van der Waals surface area contributed by atoms with Crippen molar-refractivity contribution in [2.75, 3.05) is 0 Å². The van der Waals surface area contributed by atoms with E-state index in [4.69, 9.17) is 10.3 Å². The third kappa shape index (κ3) is 3.08. The maximum atomic E-state index is 13.0. The second kappa shape index (κ2) is 5.48. The Morgan fingerprint density at radius 1 is 1.37 bits per heavy atom. The molecule has 0 radical (unpaired) electrons. The van der Waals surface area contributed by atoms with Crippen LogP contribution in [0.3, 0.4) is 0 Å². The molecule has 1 aliphatic carbocycles. The van der Waals surface area contributed by atoms with Gasteiger partial charge in [0.15, 0.2) is 5.82 Å². The van der Waals surface area contributed by atoms with Gasteiger partial charge in [0, 0.05) is 5.92 Å². The van der Waals surface area contributed by atoms with Crippen LogP contribution in [-0.4, -0.2) is 16.3 Å². The summed E-state index contributed by atoms with van der Waals surface area (Å²) >= 11 is 0. The first-order valence-electron chi connectivity index (χ1n) is 6.59. The Balaban J connectivity index is 2.20. The monoisotopic (exact) mass is 277 g/mol. The Bertz CT molecular complexity index is 419. The molecule has 1 fully saturated rings. The highest BCUT2D eigenvalue weighted by Crippen LogP contribution is 2.45. The summed E-state index contributed by atoms with van der Waals surface area (Å²) in [6.45, 7) is 1.86. The van der Waals surface area contributed by atoms with Gasteiger partial charge >= 0.3 is 6.18 Å². The van der Waals surface area contributed by atoms with Gasteiger partial charge in [0.2, 0.25) is 5.89 Å². The van der Waals surface area contributed by atoms with Crippen LogP contribution in [0.5, 0.6) is 0 Å². The molecule has 2 N–H and O–H groups in total. The summed E-state index contributed by atoms with van der Waals surface area (Å²) in [6, 6.07) is -0.384. The zero-order chi connectivity index (χ0) is 14.0. The van der Waals surface area contributed by atoms with Crippen molar-refractivity contribution in [2.24, 2.45) is 11.7 Å². The summed E-state index contributed by atoms with van der Waals surface area (Å²) in [5.74, 6) is -1.73. The van der Waals surface area contributed by atoms with Gasteiger partial charge in [0.05, 0.1) is 12.0 Å². The zero-order valence-electron chi connectivity index (χ0n) is 10.8. The lowest BCUT2D eigenvalue weighted by Gasteiger charge is -2.30. The minimum absolute atomic E-state index is 0.0842. The van der Waals surface area contributed by atoms with Crippen molar-refractivity contribution < 1.29 is 17.7 Å². The molecule has 1 aromatic rings. The van der Waals surface area contributed by atoms with Gasteiger partial charge in [-0.15, -0.1) is 0 Å². The molecular formula is C12H18F3N3O. The molecule has 0 amide bonds. The van der Waals surface area contributed by atoms with Gasteiger partial charge in [-0.1, -0.05) is 24.9 Å². The molecule has 1 heterocycles. The van der Waals surface area contributed by atoms with Crippen molar-refractivity contribution in [1.82, 2.24) is 10.1 Å². The molecule has 0 aromatic carbocycles. The van der Waals surface area contributed by atoms with Crippen LogP contribution in [0.2, 0.25) is 0 Å². The summed E-state index contributed by atoms with van der Waals surface area (Å²) in [5.41, 5.74) is 5.75. The molecule has 1 aliphatic rings. The number of halogens is 3. The maximum Gasteiger partial charge on any atom is 0.392 e. The minimum Gasteiger partial charge on any atom is -0.339 e. The lowest BCUT2D eigenvalue weighted by Crippen LogP contribution is -2.31. The average Bonchev–Trinajstić information content (AvgIpc) is 2.86. The molecule has 2 rings (SSSR count). The van der Waals surface area contributed by atoms with E-state index < -0.39 is 18.0 Å². The summed E-state index contributed by atoms with van der Waals surface area (Å²) in [5, 5.41) is 3.70. The molecule has 7 heteroatoms. The fraction of sp³-hybridized carbons (Fsp3) is 0.833. The van der Waals surface area contributed by atoms with E-state index in [0.29, 0.717) is 25.1 Å². The van der Waals surface area contributed by atoms with E-state index in [9.17, 15) is 13.2 Å². The molecule has 108 valence electrons. The van der Waals surface area contributed by atoms with Gasteiger partial charge in [-0.3, -0.25) is 0 Å². The summed E-state index contributed by atoms with van der Waals surface area (Å²) < 4.78 is 44.0. The molecule has 0 saturated heterocycles. The quantitative estimate of drug-likeness (QED) is 0.920. The van der Waals surface area contributed by atoms with Gasteiger partial charge < -0.3 is 10.3 Å². The van der Waals surface area contributed by atoms with Crippen LogP contribution in [0.1, 0.15) is 62.7 Å². The van der Waals surface area contributed by atoms with Crippen LogP contribution in [0, 0.1) is 5.92 Å². The summed E-state index contributed by atoms with van der Waals surface area (Å²) in [4.78, 5) is 4.07. The average molecular weight is 277 g/mol. The number of nitrogens with two attached hydrogens (primary N) is 1. The minimum atomic E-state index is -4.22. The highest BCUT2D eigenvalue weighted by molar-refractivity contribution is 5.02. The van der Waals surface area contributed by atoms with E-state index in [2.05, 4.69) is 10.1 Å². The van der Waals surface area contributed by atoms with Crippen molar-refractivity contribution in [3.05, 3.63) is 11.7 Å². The fourth-order valence-corrected chi connectivity index (χ4v) is 2.55. The van der Waals surface area contributed by atoms with Gasteiger partial charge in [-0.25, -0.2) is 0 Å². The fourth-order valence-electron chi connectivity index (χ4n) is 2.55. The van der Waals surface area contributed by atoms with E-state index in [0.717, 1.165) is 6.42 Å². The highest BCUT2D eigenvalue weighted by Gasteiger charge is 2.47. The summed E-state index contributed by atoms with van der Waals surface area (Å²) in [6.07, 6.45) is -1.68.